The van der Waals surface area contributed by atoms with E-state index in [2.05, 4.69) is 15.2 Å². The van der Waals surface area contributed by atoms with E-state index in [-0.39, 0.29) is 25.5 Å². The van der Waals surface area contributed by atoms with Gasteiger partial charge in [-0.05, 0) is 43.0 Å². The summed E-state index contributed by atoms with van der Waals surface area (Å²) in [6.45, 7) is 2.38. The van der Waals surface area contributed by atoms with Crippen LogP contribution in [-0.4, -0.2) is 64.5 Å². The number of nitrogens with zero attached hydrogens (tertiary/aromatic N) is 5. The maximum Gasteiger partial charge on any atom is 0.314 e. The van der Waals surface area contributed by atoms with E-state index in [1.807, 2.05) is 11.0 Å². The highest BCUT2D eigenvalue weighted by Crippen LogP contribution is 2.32. The van der Waals surface area contributed by atoms with Crippen LogP contribution in [0.2, 0.25) is 0 Å². The van der Waals surface area contributed by atoms with Crippen LogP contribution in [0.15, 0.2) is 53.1 Å². The molecule has 0 saturated carbocycles. The van der Waals surface area contributed by atoms with Crippen molar-refractivity contribution in [3.8, 4) is 11.5 Å². The summed E-state index contributed by atoms with van der Waals surface area (Å²) in [7, 11) is 0. The van der Waals surface area contributed by atoms with Crippen LogP contribution in [0.4, 0.5) is 18.9 Å². The number of pyridine rings is 1. The highest BCUT2D eigenvalue weighted by atomic mass is 19.3. The lowest BCUT2D eigenvalue weighted by molar-refractivity contribution is -0.143. The largest absolute Gasteiger partial charge is 0.415 e. The maximum absolute atomic E-state index is 15.7. The van der Waals surface area contributed by atoms with Gasteiger partial charge < -0.3 is 14.1 Å². The van der Waals surface area contributed by atoms with Crippen molar-refractivity contribution in [3.63, 3.8) is 0 Å². The van der Waals surface area contributed by atoms with Crippen LogP contribution in [0.5, 0.6) is 0 Å². The summed E-state index contributed by atoms with van der Waals surface area (Å²) in [5.41, 5.74) is -0.560. The molecular weight excluding hydrogens is 475 g/mol. The van der Waals surface area contributed by atoms with Crippen molar-refractivity contribution in [1.29, 1.82) is 0 Å². The fraction of sp³-hybridized carbons (Fsp3) is 0.440. The zero-order chi connectivity index (χ0) is 25.1. The summed E-state index contributed by atoms with van der Waals surface area (Å²) in [6, 6.07) is 12.1. The Morgan fingerprint density at radius 3 is 2.50 bits per heavy atom. The normalized spacial score (nSPS) is 18.2. The van der Waals surface area contributed by atoms with E-state index < -0.39 is 23.9 Å². The second-order valence-corrected chi connectivity index (χ2v) is 9.20. The number of amides is 1. The van der Waals surface area contributed by atoms with Crippen molar-refractivity contribution in [3.05, 3.63) is 60.2 Å². The molecule has 2 saturated heterocycles. The van der Waals surface area contributed by atoms with E-state index in [4.69, 9.17) is 9.15 Å². The first-order chi connectivity index (χ1) is 17.4. The fourth-order valence-electron chi connectivity index (χ4n) is 4.60. The van der Waals surface area contributed by atoms with Crippen LogP contribution < -0.4 is 4.90 Å². The Labute approximate surface area is 206 Å². The Morgan fingerprint density at radius 1 is 1.11 bits per heavy atom. The molecule has 4 heterocycles. The summed E-state index contributed by atoms with van der Waals surface area (Å²) in [5.74, 6) is -1.00. The van der Waals surface area contributed by atoms with E-state index >= 15 is 4.39 Å². The second-order valence-electron chi connectivity index (χ2n) is 9.20. The van der Waals surface area contributed by atoms with Gasteiger partial charge in [-0.15, -0.1) is 10.2 Å². The van der Waals surface area contributed by atoms with E-state index in [0.29, 0.717) is 22.9 Å². The summed E-state index contributed by atoms with van der Waals surface area (Å²) in [4.78, 5) is 21.1. The molecule has 0 unspecified atom stereocenters. The molecule has 190 valence electrons. The van der Waals surface area contributed by atoms with Gasteiger partial charge in [-0.25, -0.2) is 4.39 Å². The van der Waals surface area contributed by atoms with Crippen LogP contribution in [0.1, 0.15) is 30.9 Å². The standard InChI is InChI=1S/C25H26F3N5O3/c26-21(27)23-31-30-22(36-23)18-6-7-19(29-12-18)14-33(20-4-2-1-3-5-20)24(34)25(28)15-32(16-25)13-17-8-10-35-11-9-17/h1-7,12,17,21H,8-11,13-16H2. The van der Waals surface area contributed by atoms with Gasteiger partial charge in [-0.2, -0.15) is 8.78 Å². The van der Waals surface area contributed by atoms with Gasteiger partial charge in [0, 0.05) is 44.7 Å². The minimum Gasteiger partial charge on any atom is -0.415 e. The first-order valence-corrected chi connectivity index (χ1v) is 11.8. The number of ether oxygens (including phenoxy) is 1. The van der Waals surface area contributed by atoms with Crippen molar-refractivity contribution in [2.45, 2.75) is 31.5 Å². The Hall–Kier alpha value is -3.31. The molecule has 0 N–H and O–H groups in total. The zero-order valence-electron chi connectivity index (χ0n) is 19.5. The minimum absolute atomic E-state index is 0.0425. The minimum atomic E-state index is -2.86. The van der Waals surface area contributed by atoms with Gasteiger partial charge in [0.15, 0.2) is 0 Å². The number of halogens is 3. The predicted octanol–water partition coefficient (Wildman–Crippen LogP) is 4.05. The molecule has 5 rings (SSSR count). The van der Waals surface area contributed by atoms with Gasteiger partial charge in [0.25, 0.3) is 11.8 Å². The average Bonchev–Trinajstić information content (AvgIpc) is 3.38. The Kier molecular flexibility index (Phi) is 7.01. The van der Waals surface area contributed by atoms with E-state index in [9.17, 15) is 13.6 Å². The number of alkyl halides is 3. The number of hydrogen-bond donors (Lipinski definition) is 0. The number of hydrogen-bond acceptors (Lipinski definition) is 7. The van der Waals surface area contributed by atoms with Crippen LogP contribution in [0.25, 0.3) is 11.5 Å². The number of para-hydroxylation sites is 1. The number of carbonyl (C=O) groups excluding carboxylic acids is 1. The molecule has 0 spiro atoms. The molecule has 2 aliphatic heterocycles. The molecule has 0 bridgehead atoms. The number of rotatable bonds is 8. The summed E-state index contributed by atoms with van der Waals surface area (Å²) in [6.07, 6.45) is 0.440. The molecule has 2 fully saturated rings. The number of benzene rings is 1. The zero-order valence-corrected chi connectivity index (χ0v) is 19.5. The Bertz CT molecular complexity index is 1160. The van der Waals surface area contributed by atoms with Crippen LogP contribution in [-0.2, 0) is 16.1 Å². The third kappa shape index (κ3) is 5.26. The highest BCUT2D eigenvalue weighted by molar-refractivity contribution is 6.00. The van der Waals surface area contributed by atoms with Crippen molar-refractivity contribution in [1.82, 2.24) is 20.1 Å². The van der Waals surface area contributed by atoms with Gasteiger partial charge in [0.1, 0.15) is 0 Å². The number of likely N-dealkylation sites (tertiary alicyclic amines) is 1. The van der Waals surface area contributed by atoms with E-state index in [1.54, 1.807) is 36.4 Å². The Balaban J connectivity index is 1.28. The molecule has 2 aliphatic rings. The molecule has 2 aromatic heterocycles. The average molecular weight is 502 g/mol. The fourth-order valence-corrected chi connectivity index (χ4v) is 4.60. The van der Waals surface area contributed by atoms with Gasteiger partial charge in [0.2, 0.25) is 11.6 Å². The quantitative estimate of drug-likeness (QED) is 0.460. The third-order valence-electron chi connectivity index (χ3n) is 6.52. The number of carbonyl (C=O) groups is 1. The molecule has 11 heteroatoms. The van der Waals surface area contributed by atoms with Crippen LogP contribution >= 0.6 is 0 Å². The molecule has 36 heavy (non-hydrogen) atoms. The molecule has 1 amide bonds. The molecule has 0 atom stereocenters. The molecule has 0 radical (unpaired) electrons. The van der Waals surface area contributed by atoms with Gasteiger partial charge >= 0.3 is 6.43 Å². The maximum atomic E-state index is 15.7. The second kappa shape index (κ2) is 10.4. The van der Waals surface area contributed by atoms with Crippen molar-refractivity contribution in [2.24, 2.45) is 5.92 Å². The molecular formula is C25H26F3N5O3. The summed E-state index contributed by atoms with van der Waals surface area (Å²) in [5, 5.41) is 6.92. The molecule has 0 aliphatic carbocycles. The van der Waals surface area contributed by atoms with Crippen molar-refractivity contribution < 1.29 is 27.1 Å². The Morgan fingerprint density at radius 2 is 1.86 bits per heavy atom. The molecule has 3 aromatic rings. The lowest BCUT2D eigenvalue weighted by atomic mass is 9.90. The van der Waals surface area contributed by atoms with Gasteiger partial charge in [0.05, 0.1) is 17.8 Å². The van der Waals surface area contributed by atoms with Crippen LogP contribution in [0.3, 0.4) is 0 Å². The predicted molar refractivity (Wildman–Crippen MR) is 124 cm³/mol. The van der Waals surface area contributed by atoms with Crippen molar-refractivity contribution in [2.75, 3.05) is 37.7 Å². The monoisotopic (exact) mass is 501 g/mol. The summed E-state index contributed by atoms with van der Waals surface area (Å²) >= 11 is 0. The number of aromatic nitrogens is 3. The van der Waals surface area contributed by atoms with Crippen molar-refractivity contribution >= 4 is 11.6 Å². The first-order valence-electron chi connectivity index (χ1n) is 11.8. The highest BCUT2D eigenvalue weighted by Gasteiger charge is 2.52. The topological polar surface area (TPSA) is 84.6 Å². The summed E-state index contributed by atoms with van der Waals surface area (Å²) < 4.78 is 51.5. The first kappa shape index (κ1) is 24.4. The SMILES string of the molecule is O=C(N(Cc1ccc(-c2nnc(C(F)F)o2)cn1)c1ccccc1)C1(F)CN(CC2CCOCC2)C1. The third-order valence-corrected chi connectivity index (χ3v) is 6.52. The molecule has 8 nitrogen and oxygen atoms in total. The number of anilines is 1. The molecule has 1 aromatic carbocycles. The van der Waals surface area contributed by atoms with Gasteiger partial charge in [-0.3, -0.25) is 14.7 Å². The van der Waals surface area contributed by atoms with E-state index in [1.165, 1.54) is 11.1 Å². The lowest BCUT2D eigenvalue weighted by Crippen LogP contribution is -2.67. The lowest BCUT2D eigenvalue weighted by Gasteiger charge is -2.46. The van der Waals surface area contributed by atoms with Crippen LogP contribution in [0, 0.1) is 5.92 Å². The van der Waals surface area contributed by atoms with Gasteiger partial charge in [-0.1, -0.05) is 18.2 Å². The van der Waals surface area contributed by atoms with E-state index in [0.717, 1.165) is 32.6 Å². The smallest absolute Gasteiger partial charge is 0.314 e.